The number of methoxy groups -OCH3 is 2. The molecule has 0 bridgehead atoms. The van der Waals surface area contributed by atoms with Crippen molar-refractivity contribution in [3.63, 3.8) is 0 Å². The van der Waals surface area contributed by atoms with Gasteiger partial charge in [0.05, 0.1) is 19.3 Å². The molecule has 1 atom stereocenters. The van der Waals surface area contributed by atoms with Gasteiger partial charge in [-0.2, -0.15) is 0 Å². The Balaban J connectivity index is 1.57. The smallest absolute Gasteiger partial charge is 0.161 e. The van der Waals surface area contributed by atoms with Crippen LogP contribution in [0.1, 0.15) is 36.0 Å². The molecule has 0 aliphatic carbocycles. The van der Waals surface area contributed by atoms with Gasteiger partial charge in [-0.25, -0.2) is 0 Å². The van der Waals surface area contributed by atoms with Crippen LogP contribution in [0.2, 0.25) is 0 Å². The first-order valence-corrected chi connectivity index (χ1v) is 11.4. The van der Waals surface area contributed by atoms with Crippen molar-refractivity contribution in [1.82, 2.24) is 4.90 Å². The largest absolute Gasteiger partial charge is 0.493 e. The Morgan fingerprint density at radius 1 is 0.906 bits per heavy atom. The third-order valence-electron chi connectivity index (χ3n) is 6.02. The fourth-order valence-corrected chi connectivity index (χ4v) is 4.14. The number of benzene rings is 2. The number of likely N-dealkylation sites (tertiary alicyclic amines) is 1. The van der Waals surface area contributed by atoms with Gasteiger partial charge in [0, 0.05) is 20.2 Å². The molecule has 0 radical (unpaired) electrons. The van der Waals surface area contributed by atoms with Crippen molar-refractivity contribution in [2.24, 2.45) is 0 Å². The minimum atomic E-state index is -0.805. The van der Waals surface area contributed by atoms with Crippen molar-refractivity contribution in [2.45, 2.75) is 45.3 Å². The Morgan fingerprint density at radius 3 is 2.47 bits per heavy atom. The molecule has 32 heavy (non-hydrogen) atoms. The summed E-state index contributed by atoms with van der Waals surface area (Å²) in [7, 11) is 3.30. The second-order valence-electron chi connectivity index (χ2n) is 8.74. The molecule has 6 nitrogen and oxygen atoms in total. The van der Waals surface area contributed by atoms with Crippen LogP contribution in [-0.4, -0.2) is 62.7 Å². The van der Waals surface area contributed by atoms with Gasteiger partial charge in [-0.15, -0.1) is 0 Å². The van der Waals surface area contributed by atoms with Crippen molar-refractivity contribution in [3.8, 4) is 17.2 Å². The molecule has 0 spiro atoms. The van der Waals surface area contributed by atoms with E-state index in [9.17, 15) is 5.11 Å². The molecular weight excluding hydrogens is 406 g/mol. The quantitative estimate of drug-likeness (QED) is 0.557. The first kappa shape index (κ1) is 24.4. The zero-order valence-corrected chi connectivity index (χ0v) is 19.9. The first-order chi connectivity index (χ1) is 15.4. The van der Waals surface area contributed by atoms with Crippen molar-refractivity contribution in [2.75, 3.05) is 47.1 Å². The Bertz CT molecular complexity index is 871. The van der Waals surface area contributed by atoms with E-state index in [4.69, 9.17) is 18.9 Å². The highest BCUT2D eigenvalue weighted by Crippen LogP contribution is 2.30. The van der Waals surface area contributed by atoms with Crippen LogP contribution in [0.15, 0.2) is 36.4 Å². The first-order valence-electron chi connectivity index (χ1n) is 11.4. The molecule has 176 valence electrons. The Kier molecular flexibility index (Phi) is 8.79. The zero-order valence-electron chi connectivity index (χ0n) is 19.9. The van der Waals surface area contributed by atoms with Crippen LogP contribution in [0.4, 0.5) is 0 Å². The Hall–Kier alpha value is -2.28. The van der Waals surface area contributed by atoms with E-state index in [1.807, 2.05) is 31.2 Å². The summed E-state index contributed by atoms with van der Waals surface area (Å²) < 4.78 is 22.3. The zero-order chi connectivity index (χ0) is 23.0. The summed E-state index contributed by atoms with van der Waals surface area (Å²) in [6.45, 7) is 8.01. The van der Waals surface area contributed by atoms with Crippen LogP contribution in [0.25, 0.3) is 0 Å². The average Bonchev–Trinajstić information content (AvgIpc) is 2.95. The van der Waals surface area contributed by atoms with Gasteiger partial charge in [-0.3, -0.25) is 4.90 Å². The second-order valence-corrected chi connectivity index (χ2v) is 8.74. The minimum Gasteiger partial charge on any atom is -0.493 e. The van der Waals surface area contributed by atoms with Gasteiger partial charge >= 0.3 is 0 Å². The van der Waals surface area contributed by atoms with Gasteiger partial charge in [0.15, 0.2) is 11.5 Å². The molecule has 6 heteroatoms. The number of hydrogen-bond donors (Lipinski definition) is 1. The number of rotatable bonds is 10. The van der Waals surface area contributed by atoms with Crippen molar-refractivity contribution < 1.29 is 24.1 Å². The van der Waals surface area contributed by atoms with Gasteiger partial charge in [-0.1, -0.05) is 23.8 Å². The summed E-state index contributed by atoms with van der Waals surface area (Å²) in [5.41, 5.74) is 2.67. The van der Waals surface area contributed by atoms with Crippen molar-refractivity contribution in [3.05, 3.63) is 53.1 Å². The maximum Gasteiger partial charge on any atom is 0.161 e. The molecule has 0 aromatic heterocycles. The van der Waals surface area contributed by atoms with Crippen LogP contribution < -0.4 is 14.2 Å². The monoisotopic (exact) mass is 443 g/mol. The molecule has 0 amide bonds. The molecule has 2 aromatic rings. The SMILES string of the molecule is COCCOc1cc(CN2CCC[C@](O)(COc3ccc(C)cc3C)CC2)ccc1OC. The lowest BCUT2D eigenvalue weighted by Gasteiger charge is -2.27. The fraction of sp³-hybridized carbons (Fsp3) is 0.538. The summed E-state index contributed by atoms with van der Waals surface area (Å²) in [5, 5.41) is 11.2. The Morgan fingerprint density at radius 2 is 1.72 bits per heavy atom. The summed E-state index contributed by atoms with van der Waals surface area (Å²) >= 11 is 0. The summed E-state index contributed by atoms with van der Waals surface area (Å²) in [6.07, 6.45) is 2.35. The molecule has 1 aliphatic heterocycles. The van der Waals surface area contributed by atoms with Gasteiger partial charge in [-0.05, 0) is 69.0 Å². The maximum absolute atomic E-state index is 11.2. The number of nitrogens with zero attached hydrogens (tertiary/aromatic N) is 1. The van der Waals surface area contributed by atoms with Crippen LogP contribution in [0.3, 0.4) is 0 Å². The molecule has 0 saturated carbocycles. The highest BCUT2D eigenvalue weighted by Gasteiger charge is 2.31. The summed E-state index contributed by atoms with van der Waals surface area (Å²) in [4.78, 5) is 2.38. The highest BCUT2D eigenvalue weighted by atomic mass is 16.5. The van der Waals surface area contributed by atoms with E-state index in [0.29, 0.717) is 26.2 Å². The van der Waals surface area contributed by atoms with Crippen LogP contribution in [-0.2, 0) is 11.3 Å². The number of aryl methyl sites for hydroxylation is 2. The lowest BCUT2D eigenvalue weighted by Crippen LogP contribution is -2.37. The van der Waals surface area contributed by atoms with E-state index in [1.54, 1.807) is 14.2 Å². The van der Waals surface area contributed by atoms with Crippen LogP contribution in [0.5, 0.6) is 17.2 Å². The van der Waals surface area contributed by atoms with E-state index >= 15 is 0 Å². The molecule has 1 aliphatic rings. The molecule has 2 aromatic carbocycles. The van der Waals surface area contributed by atoms with Gasteiger partial charge in [0.2, 0.25) is 0 Å². The minimum absolute atomic E-state index is 0.324. The van der Waals surface area contributed by atoms with E-state index in [1.165, 1.54) is 5.56 Å². The van der Waals surface area contributed by atoms with Gasteiger partial charge in [0.25, 0.3) is 0 Å². The summed E-state index contributed by atoms with van der Waals surface area (Å²) in [5.74, 6) is 2.30. The normalized spacial score (nSPS) is 19.4. The molecule has 1 N–H and O–H groups in total. The number of ether oxygens (including phenoxy) is 4. The van der Waals surface area contributed by atoms with E-state index < -0.39 is 5.60 Å². The van der Waals surface area contributed by atoms with Gasteiger partial charge in [0.1, 0.15) is 19.0 Å². The molecule has 1 heterocycles. The molecule has 3 rings (SSSR count). The average molecular weight is 444 g/mol. The summed E-state index contributed by atoms with van der Waals surface area (Å²) in [6, 6.07) is 12.2. The van der Waals surface area contributed by atoms with E-state index in [0.717, 1.165) is 60.9 Å². The van der Waals surface area contributed by atoms with Crippen LogP contribution >= 0.6 is 0 Å². The maximum atomic E-state index is 11.2. The van der Waals surface area contributed by atoms with E-state index in [-0.39, 0.29) is 0 Å². The molecule has 1 fully saturated rings. The molecule has 0 unspecified atom stereocenters. The topological polar surface area (TPSA) is 60.4 Å². The number of aliphatic hydroxyl groups is 1. The highest BCUT2D eigenvalue weighted by molar-refractivity contribution is 5.43. The molecule has 1 saturated heterocycles. The van der Waals surface area contributed by atoms with Gasteiger partial charge < -0.3 is 24.1 Å². The number of hydrogen-bond acceptors (Lipinski definition) is 6. The van der Waals surface area contributed by atoms with Crippen LogP contribution in [0, 0.1) is 13.8 Å². The third-order valence-corrected chi connectivity index (χ3v) is 6.02. The second kappa shape index (κ2) is 11.5. The van der Waals surface area contributed by atoms with Crippen molar-refractivity contribution >= 4 is 0 Å². The Labute approximate surface area is 192 Å². The standard InChI is InChI=1S/C26H37NO5/c1-20-6-8-23(21(2)16-20)32-19-26(28)10-5-12-27(13-11-26)18-22-7-9-24(30-4)25(17-22)31-15-14-29-3/h6-9,16-17,28H,5,10-15,18-19H2,1-4H3/t26-/m1/s1. The fourth-order valence-electron chi connectivity index (χ4n) is 4.14. The third kappa shape index (κ3) is 6.86. The van der Waals surface area contributed by atoms with Crippen molar-refractivity contribution in [1.29, 1.82) is 0 Å². The van der Waals surface area contributed by atoms with E-state index in [2.05, 4.69) is 24.0 Å². The lowest BCUT2D eigenvalue weighted by atomic mass is 9.96. The lowest BCUT2D eigenvalue weighted by molar-refractivity contribution is -0.0170. The predicted octanol–water partition coefficient (Wildman–Crippen LogP) is 4.13. The predicted molar refractivity (Wildman–Crippen MR) is 126 cm³/mol. The molecular formula is C26H37NO5.